The largest absolute Gasteiger partial charge is 0.385 e. The normalized spacial score (nSPS) is 10.7. The molecule has 3 nitrogen and oxygen atoms in total. The van der Waals surface area contributed by atoms with E-state index in [2.05, 4.69) is 17.6 Å². The van der Waals surface area contributed by atoms with Crippen LogP contribution in [0.3, 0.4) is 0 Å². The van der Waals surface area contributed by atoms with Gasteiger partial charge in [0.1, 0.15) is 0 Å². The number of anilines is 1. The van der Waals surface area contributed by atoms with E-state index < -0.39 is 0 Å². The van der Waals surface area contributed by atoms with Gasteiger partial charge < -0.3 is 10.6 Å². The van der Waals surface area contributed by atoms with Crippen LogP contribution >= 0.6 is 0 Å². The summed E-state index contributed by atoms with van der Waals surface area (Å²) in [6.45, 7) is 7.18. The summed E-state index contributed by atoms with van der Waals surface area (Å²) in [5, 5.41) is 6.31. The zero-order valence-electron chi connectivity index (χ0n) is 13.7. The third-order valence-corrected chi connectivity index (χ3v) is 3.43. The first-order chi connectivity index (χ1) is 10.1. The number of unbranched alkanes of at least 4 members (excludes halogenated alkanes) is 5. The number of amides is 1. The first-order valence-corrected chi connectivity index (χ1v) is 8.28. The van der Waals surface area contributed by atoms with Crippen molar-refractivity contribution in [3.8, 4) is 0 Å². The van der Waals surface area contributed by atoms with Crippen molar-refractivity contribution in [3.05, 3.63) is 29.8 Å². The van der Waals surface area contributed by atoms with Gasteiger partial charge in [-0.05, 0) is 44.5 Å². The summed E-state index contributed by atoms with van der Waals surface area (Å²) in [5.74, 6) is -0.00697. The van der Waals surface area contributed by atoms with Gasteiger partial charge in [0.05, 0.1) is 0 Å². The van der Waals surface area contributed by atoms with Crippen LogP contribution < -0.4 is 10.6 Å². The lowest BCUT2D eigenvalue weighted by molar-refractivity contribution is 0.0943. The maximum Gasteiger partial charge on any atom is 0.251 e. The maximum atomic E-state index is 11.8. The molecule has 0 saturated heterocycles. The van der Waals surface area contributed by atoms with E-state index >= 15 is 0 Å². The first kappa shape index (κ1) is 17.5. The quantitative estimate of drug-likeness (QED) is 0.618. The SMILES string of the molecule is CCCCCCCCNc1ccc(C(=O)NC(C)C)cc1. The molecule has 0 aliphatic heterocycles. The zero-order valence-corrected chi connectivity index (χ0v) is 13.7. The molecular formula is C18H30N2O. The topological polar surface area (TPSA) is 41.1 Å². The molecule has 0 aliphatic rings. The fourth-order valence-electron chi connectivity index (χ4n) is 2.22. The van der Waals surface area contributed by atoms with Crippen LogP contribution in [0.15, 0.2) is 24.3 Å². The smallest absolute Gasteiger partial charge is 0.251 e. The van der Waals surface area contributed by atoms with Crippen LogP contribution in [0.2, 0.25) is 0 Å². The maximum absolute atomic E-state index is 11.8. The third-order valence-electron chi connectivity index (χ3n) is 3.43. The minimum absolute atomic E-state index is 0.00697. The molecule has 0 aromatic heterocycles. The van der Waals surface area contributed by atoms with Gasteiger partial charge in [-0.25, -0.2) is 0 Å². The van der Waals surface area contributed by atoms with Gasteiger partial charge in [0.25, 0.3) is 5.91 Å². The molecule has 0 saturated carbocycles. The summed E-state index contributed by atoms with van der Waals surface area (Å²) in [7, 11) is 0. The zero-order chi connectivity index (χ0) is 15.5. The van der Waals surface area contributed by atoms with Crippen LogP contribution in [-0.2, 0) is 0 Å². The van der Waals surface area contributed by atoms with Crippen LogP contribution in [0.5, 0.6) is 0 Å². The molecule has 1 rings (SSSR count). The average Bonchev–Trinajstić information content (AvgIpc) is 2.46. The molecule has 118 valence electrons. The van der Waals surface area contributed by atoms with Crippen LogP contribution in [0.4, 0.5) is 5.69 Å². The van der Waals surface area contributed by atoms with E-state index in [0.717, 1.165) is 12.2 Å². The highest BCUT2D eigenvalue weighted by molar-refractivity contribution is 5.94. The van der Waals surface area contributed by atoms with Gasteiger partial charge in [0.15, 0.2) is 0 Å². The van der Waals surface area contributed by atoms with Crippen molar-refractivity contribution in [1.29, 1.82) is 0 Å². The van der Waals surface area contributed by atoms with Gasteiger partial charge in [0, 0.05) is 23.8 Å². The lowest BCUT2D eigenvalue weighted by Gasteiger charge is -2.10. The van der Waals surface area contributed by atoms with Crippen LogP contribution in [-0.4, -0.2) is 18.5 Å². The fraction of sp³-hybridized carbons (Fsp3) is 0.611. The van der Waals surface area contributed by atoms with Crippen molar-refractivity contribution in [2.45, 2.75) is 65.3 Å². The fourth-order valence-corrected chi connectivity index (χ4v) is 2.22. The molecule has 1 amide bonds. The number of nitrogens with one attached hydrogen (secondary N) is 2. The molecule has 3 heteroatoms. The Morgan fingerprint density at radius 1 is 1.00 bits per heavy atom. The van der Waals surface area contributed by atoms with Crippen molar-refractivity contribution in [2.75, 3.05) is 11.9 Å². The Morgan fingerprint density at radius 2 is 1.62 bits per heavy atom. The molecular weight excluding hydrogens is 260 g/mol. The van der Waals surface area contributed by atoms with Crippen molar-refractivity contribution in [3.63, 3.8) is 0 Å². The lowest BCUT2D eigenvalue weighted by atomic mass is 10.1. The molecule has 0 heterocycles. The van der Waals surface area contributed by atoms with Crippen molar-refractivity contribution >= 4 is 11.6 Å². The van der Waals surface area contributed by atoms with Crippen molar-refractivity contribution in [2.24, 2.45) is 0 Å². The molecule has 1 aromatic carbocycles. The molecule has 0 fully saturated rings. The Labute approximate surface area is 129 Å². The molecule has 0 aliphatic carbocycles. The molecule has 0 spiro atoms. The number of carbonyl (C=O) groups excluding carboxylic acids is 1. The van der Waals surface area contributed by atoms with Crippen LogP contribution in [0, 0.1) is 0 Å². The van der Waals surface area contributed by atoms with Gasteiger partial charge in [-0.2, -0.15) is 0 Å². The van der Waals surface area contributed by atoms with Crippen molar-refractivity contribution < 1.29 is 4.79 Å². The summed E-state index contributed by atoms with van der Waals surface area (Å²) in [5.41, 5.74) is 1.80. The van der Waals surface area contributed by atoms with Crippen LogP contribution in [0.1, 0.15) is 69.7 Å². The molecule has 1 aromatic rings. The molecule has 0 unspecified atom stereocenters. The highest BCUT2D eigenvalue weighted by Gasteiger charge is 2.06. The van der Waals surface area contributed by atoms with Crippen molar-refractivity contribution in [1.82, 2.24) is 5.32 Å². The number of benzene rings is 1. The van der Waals surface area contributed by atoms with Gasteiger partial charge in [0.2, 0.25) is 0 Å². The number of hydrogen-bond donors (Lipinski definition) is 2. The number of carbonyl (C=O) groups is 1. The molecule has 0 atom stereocenters. The Balaban J connectivity index is 2.23. The summed E-state index contributed by atoms with van der Waals surface area (Å²) in [4.78, 5) is 11.8. The van der Waals surface area contributed by atoms with E-state index in [1.807, 2.05) is 38.1 Å². The standard InChI is InChI=1S/C18H30N2O/c1-4-5-6-7-8-9-14-19-17-12-10-16(11-13-17)18(21)20-15(2)3/h10-13,15,19H,4-9,14H2,1-3H3,(H,20,21). The van der Waals surface area contributed by atoms with Gasteiger partial charge in [-0.3, -0.25) is 4.79 Å². The second-order valence-electron chi connectivity index (χ2n) is 5.90. The molecule has 2 N–H and O–H groups in total. The average molecular weight is 290 g/mol. The Kier molecular flexibility index (Phi) is 8.56. The Bertz CT molecular complexity index is 398. The number of hydrogen-bond acceptors (Lipinski definition) is 2. The monoisotopic (exact) mass is 290 g/mol. The second-order valence-corrected chi connectivity index (χ2v) is 5.90. The van der Waals surface area contributed by atoms with Gasteiger partial charge >= 0.3 is 0 Å². The predicted molar refractivity (Wildman–Crippen MR) is 90.9 cm³/mol. The minimum atomic E-state index is -0.00697. The predicted octanol–water partition coefficient (Wildman–Crippen LogP) is 4.60. The summed E-state index contributed by atoms with van der Waals surface area (Å²) < 4.78 is 0. The molecule has 0 radical (unpaired) electrons. The van der Waals surface area contributed by atoms with Gasteiger partial charge in [-0.15, -0.1) is 0 Å². The minimum Gasteiger partial charge on any atom is -0.385 e. The van der Waals surface area contributed by atoms with Crippen LogP contribution in [0.25, 0.3) is 0 Å². The highest BCUT2D eigenvalue weighted by Crippen LogP contribution is 2.11. The first-order valence-electron chi connectivity index (χ1n) is 8.28. The Hall–Kier alpha value is -1.51. The molecule has 0 bridgehead atoms. The van der Waals surface area contributed by atoms with E-state index in [-0.39, 0.29) is 11.9 Å². The highest BCUT2D eigenvalue weighted by atomic mass is 16.1. The number of rotatable bonds is 10. The van der Waals surface area contributed by atoms with E-state index in [1.54, 1.807) is 0 Å². The van der Waals surface area contributed by atoms with E-state index in [9.17, 15) is 4.79 Å². The molecule has 21 heavy (non-hydrogen) atoms. The third kappa shape index (κ3) is 7.74. The van der Waals surface area contributed by atoms with E-state index in [4.69, 9.17) is 0 Å². The van der Waals surface area contributed by atoms with E-state index in [1.165, 1.54) is 38.5 Å². The summed E-state index contributed by atoms with van der Waals surface area (Å²) >= 11 is 0. The second kappa shape index (κ2) is 10.3. The summed E-state index contributed by atoms with van der Waals surface area (Å²) in [6, 6.07) is 7.88. The van der Waals surface area contributed by atoms with E-state index in [0.29, 0.717) is 5.56 Å². The van der Waals surface area contributed by atoms with Gasteiger partial charge in [-0.1, -0.05) is 39.0 Å². The Morgan fingerprint density at radius 3 is 2.24 bits per heavy atom. The summed E-state index contributed by atoms with van der Waals surface area (Å²) in [6.07, 6.45) is 7.85. The lowest BCUT2D eigenvalue weighted by Crippen LogP contribution is -2.29.